The number of aliphatic hydroxyl groups excluding tert-OH is 1. The number of nitrogens with zero attached hydrogens (tertiary/aromatic N) is 1. The Morgan fingerprint density at radius 2 is 1.78 bits per heavy atom. The molecule has 0 aliphatic heterocycles. The summed E-state index contributed by atoms with van der Waals surface area (Å²) in [4.78, 5) is 2.45. The maximum Gasteiger partial charge on any atom is 0.0695 e. The van der Waals surface area contributed by atoms with Crippen LogP contribution in [0.25, 0.3) is 0 Å². The summed E-state index contributed by atoms with van der Waals surface area (Å²) in [6.45, 7) is 8.23. The molecule has 0 spiro atoms. The Morgan fingerprint density at radius 3 is 2.28 bits per heavy atom. The lowest BCUT2D eigenvalue weighted by molar-refractivity contribution is -0.0159. The first-order valence-corrected chi connectivity index (χ1v) is 7.76. The zero-order valence-corrected chi connectivity index (χ0v) is 12.7. The Labute approximate surface area is 113 Å². The Hall–Kier alpha value is -0.0800. The predicted octanol–water partition coefficient (Wildman–Crippen LogP) is 3.29. The third-order valence-electron chi connectivity index (χ3n) is 5.34. The molecule has 106 valence electrons. The molecule has 2 fully saturated rings. The van der Waals surface area contributed by atoms with Gasteiger partial charge in [-0.05, 0) is 56.4 Å². The van der Waals surface area contributed by atoms with Crippen LogP contribution in [0.4, 0.5) is 0 Å². The van der Waals surface area contributed by atoms with E-state index in [2.05, 4.69) is 32.7 Å². The highest BCUT2D eigenvalue weighted by atomic mass is 16.3. The van der Waals surface area contributed by atoms with Gasteiger partial charge in [0.05, 0.1) is 6.10 Å². The minimum absolute atomic E-state index is 0.103. The van der Waals surface area contributed by atoms with Crippen molar-refractivity contribution in [3.05, 3.63) is 0 Å². The molecule has 2 aliphatic carbocycles. The van der Waals surface area contributed by atoms with Gasteiger partial charge in [-0.3, -0.25) is 0 Å². The Morgan fingerprint density at radius 1 is 1.11 bits per heavy atom. The van der Waals surface area contributed by atoms with Gasteiger partial charge in [0.2, 0.25) is 0 Å². The molecule has 0 aromatic rings. The van der Waals surface area contributed by atoms with Gasteiger partial charge in [0.15, 0.2) is 0 Å². The van der Waals surface area contributed by atoms with Crippen molar-refractivity contribution in [3.8, 4) is 0 Å². The van der Waals surface area contributed by atoms with Crippen LogP contribution >= 0.6 is 0 Å². The van der Waals surface area contributed by atoms with E-state index in [9.17, 15) is 5.11 Å². The summed E-state index contributed by atoms with van der Waals surface area (Å²) in [6, 6.07) is 0.392. The van der Waals surface area contributed by atoms with Gasteiger partial charge in [0.25, 0.3) is 0 Å². The van der Waals surface area contributed by atoms with Crippen molar-refractivity contribution in [2.45, 2.75) is 71.4 Å². The number of likely N-dealkylation sites (N-methyl/N-ethyl adjacent to an activating group) is 1. The van der Waals surface area contributed by atoms with Crippen LogP contribution in [0.2, 0.25) is 0 Å². The summed E-state index contributed by atoms with van der Waals surface area (Å²) in [5, 5.41) is 10.3. The highest BCUT2D eigenvalue weighted by Crippen LogP contribution is 2.39. The smallest absolute Gasteiger partial charge is 0.0695 e. The molecule has 18 heavy (non-hydrogen) atoms. The van der Waals surface area contributed by atoms with Gasteiger partial charge in [-0.2, -0.15) is 0 Å². The highest BCUT2D eigenvalue weighted by Gasteiger charge is 2.37. The van der Waals surface area contributed by atoms with E-state index >= 15 is 0 Å². The van der Waals surface area contributed by atoms with E-state index in [1.807, 2.05) is 0 Å². The lowest BCUT2D eigenvalue weighted by Gasteiger charge is -2.45. The zero-order chi connectivity index (χ0) is 13.3. The second kappa shape index (κ2) is 5.50. The third kappa shape index (κ3) is 3.27. The van der Waals surface area contributed by atoms with Gasteiger partial charge < -0.3 is 10.0 Å². The van der Waals surface area contributed by atoms with Crippen molar-refractivity contribution >= 4 is 0 Å². The fourth-order valence-electron chi connectivity index (χ4n) is 3.61. The molecule has 0 aromatic heterocycles. The Balaban J connectivity index is 1.91. The maximum absolute atomic E-state index is 10.3. The molecule has 1 N–H and O–H groups in total. The summed E-state index contributed by atoms with van der Waals surface area (Å²) in [5.41, 5.74) is 0.385. The second-order valence-electron chi connectivity index (χ2n) is 7.75. The average molecular weight is 253 g/mol. The maximum atomic E-state index is 10.3. The predicted molar refractivity (Wildman–Crippen MR) is 76.6 cm³/mol. The number of rotatable bonds is 3. The molecule has 0 heterocycles. The molecular weight excluding hydrogens is 222 g/mol. The van der Waals surface area contributed by atoms with Crippen LogP contribution < -0.4 is 0 Å². The van der Waals surface area contributed by atoms with Crippen molar-refractivity contribution < 1.29 is 5.11 Å². The lowest BCUT2D eigenvalue weighted by atomic mass is 9.70. The topological polar surface area (TPSA) is 23.5 Å². The monoisotopic (exact) mass is 253 g/mol. The van der Waals surface area contributed by atoms with E-state index in [0.29, 0.717) is 11.5 Å². The van der Waals surface area contributed by atoms with E-state index in [4.69, 9.17) is 0 Å². The molecule has 2 saturated carbocycles. The zero-order valence-electron chi connectivity index (χ0n) is 12.7. The molecule has 0 radical (unpaired) electrons. The molecule has 2 rings (SSSR count). The Kier molecular flexibility index (Phi) is 4.38. The fraction of sp³-hybridized carbons (Fsp3) is 1.00. The molecule has 2 aliphatic rings. The van der Waals surface area contributed by atoms with Crippen LogP contribution in [0.15, 0.2) is 0 Å². The van der Waals surface area contributed by atoms with Crippen molar-refractivity contribution in [3.63, 3.8) is 0 Å². The molecule has 0 aromatic carbocycles. The molecule has 2 heteroatoms. The molecule has 3 atom stereocenters. The van der Waals surface area contributed by atoms with Crippen molar-refractivity contribution in [1.29, 1.82) is 0 Å². The standard InChI is InChI=1S/C16H31NO/c1-16(2,3)13-8-9-15(18)14(10-13)17(4)11-12-6-5-7-12/h12-15,18H,5-11H2,1-4H3. The highest BCUT2D eigenvalue weighted by molar-refractivity contribution is 4.90. The van der Waals surface area contributed by atoms with Gasteiger partial charge in [-0.15, -0.1) is 0 Å². The summed E-state index contributed by atoms with van der Waals surface area (Å²) < 4.78 is 0. The first-order valence-electron chi connectivity index (χ1n) is 7.76. The van der Waals surface area contributed by atoms with Gasteiger partial charge in [0, 0.05) is 12.6 Å². The van der Waals surface area contributed by atoms with E-state index in [0.717, 1.165) is 18.3 Å². The van der Waals surface area contributed by atoms with Crippen LogP contribution in [0.5, 0.6) is 0 Å². The van der Waals surface area contributed by atoms with E-state index < -0.39 is 0 Å². The summed E-state index contributed by atoms with van der Waals surface area (Å²) in [5.74, 6) is 1.66. The molecule has 0 amide bonds. The number of hydrogen-bond donors (Lipinski definition) is 1. The molecule has 0 bridgehead atoms. The van der Waals surface area contributed by atoms with Crippen molar-refractivity contribution in [1.82, 2.24) is 4.90 Å². The lowest BCUT2D eigenvalue weighted by Crippen LogP contribution is -2.49. The summed E-state index contributed by atoms with van der Waals surface area (Å²) in [6.07, 6.45) is 7.46. The summed E-state index contributed by atoms with van der Waals surface area (Å²) >= 11 is 0. The summed E-state index contributed by atoms with van der Waals surface area (Å²) in [7, 11) is 2.22. The van der Waals surface area contributed by atoms with Gasteiger partial charge in [0.1, 0.15) is 0 Å². The Bertz CT molecular complexity index is 267. The number of aliphatic hydroxyl groups is 1. The van der Waals surface area contributed by atoms with E-state index in [1.165, 1.54) is 38.6 Å². The SMILES string of the molecule is CN(CC1CCC1)C1CC(C(C)(C)C)CCC1O. The second-order valence-corrected chi connectivity index (χ2v) is 7.75. The first-order chi connectivity index (χ1) is 8.38. The largest absolute Gasteiger partial charge is 0.391 e. The van der Waals surface area contributed by atoms with Crippen LogP contribution in [0.1, 0.15) is 59.3 Å². The molecule has 0 saturated heterocycles. The third-order valence-corrected chi connectivity index (χ3v) is 5.34. The van der Waals surface area contributed by atoms with Crippen LogP contribution in [-0.4, -0.2) is 35.7 Å². The van der Waals surface area contributed by atoms with E-state index in [-0.39, 0.29) is 6.10 Å². The first kappa shape index (κ1) is 14.3. The minimum atomic E-state index is -0.103. The van der Waals surface area contributed by atoms with Gasteiger partial charge in [-0.1, -0.05) is 27.2 Å². The minimum Gasteiger partial charge on any atom is -0.391 e. The molecule has 3 unspecified atom stereocenters. The van der Waals surface area contributed by atoms with Crippen LogP contribution in [-0.2, 0) is 0 Å². The van der Waals surface area contributed by atoms with Crippen molar-refractivity contribution in [2.24, 2.45) is 17.3 Å². The quantitative estimate of drug-likeness (QED) is 0.834. The van der Waals surface area contributed by atoms with Crippen LogP contribution in [0.3, 0.4) is 0 Å². The normalized spacial score (nSPS) is 34.7. The molecule has 2 nitrogen and oxygen atoms in total. The van der Waals surface area contributed by atoms with Gasteiger partial charge in [-0.25, -0.2) is 0 Å². The fourth-order valence-corrected chi connectivity index (χ4v) is 3.61. The molecular formula is C16H31NO. The van der Waals surface area contributed by atoms with Crippen LogP contribution in [0, 0.1) is 17.3 Å². The number of hydrogen-bond acceptors (Lipinski definition) is 2. The van der Waals surface area contributed by atoms with E-state index in [1.54, 1.807) is 0 Å². The average Bonchev–Trinajstić information content (AvgIpc) is 2.22. The van der Waals surface area contributed by atoms with Gasteiger partial charge >= 0.3 is 0 Å². The van der Waals surface area contributed by atoms with Crippen molar-refractivity contribution in [2.75, 3.05) is 13.6 Å².